The quantitative estimate of drug-likeness (QED) is 0.297. The van der Waals surface area contributed by atoms with Crippen molar-refractivity contribution < 1.29 is 4.79 Å². The van der Waals surface area contributed by atoms with E-state index in [1.807, 2.05) is 31.9 Å². The molecule has 0 aliphatic rings. The molecule has 7 nitrogen and oxygen atoms in total. The van der Waals surface area contributed by atoms with Crippen molar-refractivity contribution in [3.8, 4) is 0 Å². The van der Waals surface area contributed by atoms with Gasteiger partial charge >= 0.3 is 0 Å². The Morgan fingerprint density at radius 3 is 2.70 bits per heavy atom. The number of likely N-dealkylation sites (N-methyl/N-ethyl adjacent to an activating group) is 1. The predicted molar refractivity (Wildman–Crippen MR) is 82.8 cm³/mol. The molecule has 1 aromatic heterocycles. The molecule has 0 saturated carbocycles. The first kappa shape index (κ1) is 16.5. The molecule has 0 aliphatic heterocycles. The van der Waals surface area contributed by atoms with Crippen LogP contribution >= 0.6 is 11.8 Å². The molecule has 1 aromatic rings. The van der Waals surface area contributed by atoms with Crippen molar-refractivity contribution in [1.29, 1.82) is 0 Å². The number of nitrogens with zero attached hydrogens (tertiary/aromatic N) is 3. The van der Waals surface area contributed by atoms with Gasteiger partial charge in [-0.25, -0.2) is 15.8 Å². The lowest BCUT2D eigenvalue weighted by atomic mass is 10.3. The van der Waals surface area contributed by atoms with Crippen molar-refractivity contribution in [3.05, 3.63) is 6.07 Å². The van der Waals surface area contributed by atoms with E-state index >= 15 is 0 Å². The van der Waals surface area contributed by atoms with Gasteiger partial charge in [-0.15, -0.1) is 0 Å². The summed E-state index contributed by atoms with van der Waals surface area (Å²) in [4.78, 5) is 22.3. The van der Waals surface area contributed by atoms with Gasteiger partial charge in [0.25, 0.3) is 0 Å². The van der Waals surface area contributed by atoms with Crippen molar-refractivity contribution in [1.82, 2.24) is 15.3 Å². The lowest BCUT2D eigenvalue weighted by Crippen LogP contribution is -2.40. The van der Waals surface area contributed by atoms with Crippen LogP contribution in [0.5, 0.6) is 0 Å². The highest BCUT2D eigenvalue weighted by Crippen LogP contribution is 2.19. The summed E-state index contributed by atoms with van der Waals surface area (Å²) in [6, 6.07) is 1.85. The Morgan fingerprint density at radius 1 is 1.50 bits per heavy atom. The van der Waals surface area contributed by atoms with E-state index in [1.165, 1.54) is 11.8 Å². The van der Waals surface area contributed by atoms with Gasteiger partial charge in [0.2, 0.25) is 5.91 Å². The summed E-state index contributed by atoms with van der Waals surface area (Å²) in [5.74, 6) is 6.58. The number of amides is 1. The van der Waals surface area contributed by atoms with E-state index < -0.39 is 0 Å². The SMILES string of the molecule is CCN(CC(=O)NC(C)C)c1cc(NN)nc(SC)n1. The van der Waals surface area contributed by atoms with Crippen LogP contribution in [-0.4, -0.2) is 41.3 Å². The fourth-order valence-corrected chi connectivity index (χ4v) is 2.01. The normalized spacial score (nSPS) is 10.5. The molecule has 0 fully saturated rings. The lowest BCUT2D eigenvalue weighted by molar-refractivity contribution is -0.120. The van der Waals surface area contributed by atoms with E-state index in [1.54, 1.807) is 6.07 Å². The molecule has 0 atom stereocenters. The van der Waals surface area contributed by atoms with Crippen LogP contribution in [0.3, 0.4) is 0 Å². The van der Waals surface area contributed by atoms with Gasteiger partial charge in [-0.2, -0.15) is 0 Å². The first-order valence-corrected chi connectivity index (χ1v) is 7.66. The fourth-order valence-electron chi connectivity index (χ4n) is 1.64. The first-order valence-electron chi connectivity index (χ1n) is 6.44. The molecule has 0 bridgehead atoms. The Labute approximate surface area is 123 Å². The second-order valence-electron chi connectivity index (χ2n) is 4.48. The summed E-state index contributed by atoms with van der Waals surface area (Å²) in [7, 11) is 0. The van der Waals surface area contributed by atoms with Crippen LogP contribution in [0.2, 0.25) is 0 Å². The molecule has 0 aliphatic carbocycles. The number of carbonyl (C=O) groups is 1. The van der Waals surface area contributed by atoms with Crippen LogP contribution in [0.15, 0.2) is 11.2 Å². The monoisotopic (exact) mass is 298 g/mol. The van der Waals surface area contributed by atoms with Gasteiger partial charge in [0, 0.05) is 18.7 Å². The maximum Gasteiger partial charge on any atom is 0.239 e. The lowest BCUT2D eigenvalue weighted by Gasteiger charge is -2.22. The van der Waals surface area contributed by atoms with Gasteiger partial charge in [-0.3, -0.25) is 4.79 Å². The largest absolute Gasteiger partial charge is 0.352 e. The minimum atomic E-state index is -0.0339. The molecule has 1 amide bonds. The molecule has 20 heavy (non-hydrogen) atoms. The number of anilines is 2. The van der Waals surface area contributed by atoms with E-state index in [2.05, 4.69) is 20.7 Å². The molecular formula is C12H22N6OS. The molecule has 1 heterocycles. The van der Waals surface area contributed by atoms with E-state index in [0.29, 0.717) is 23.3 Å². The zero-order valence-corrected chi connectivity index (χ0v) is 13.1. The number of nitrogens with one attached hydrogen (secondary N) is 2. The number of hydrogen-bond donors (Lipinski definition) is 3. The van der Waals surface area contributed by atoms with Crippen molar-refractivity contribution in [2.24, 2.45) is 5.84 Å². The van der Waals surface area contributed by atoms with E-state index in [-0.39, 0.29) is 18.5 Å². The highest BCUT2D eigenvalue weighted by atomic mass is 32.2. The zero-order valence-electron chi connectivity index (χ0n) is 12.3. The number of hydrogen-bond acceptors (Lipinski definition) is 7. The van der Waals surface area contributed by atoms with Crippen molar-refractivity contribution in [2.45, 2.75) is 32.0 Å². The minimum Gasteiger partial charge on any atom is -0.352 e. The number of nitrogens with two attached hydrogens (primary N) is 1. The van der Waals surface area contributed by atoms with Gasteiger partial charge in [0.15, 0.2) is 5.16 Å². The Hall–Kier alpha value is -1.54. The number of rotatable bonds is 7. The van der Waals surface area contributed by atoms with Crippen LogP contribution in [0.1, 0.15) is 20.8 Å². The topological polar surface area (TPSA) is 96.2 Å². The summed E-state index contributed by atoms with van der Waals surface area (Å²) in [5.41, 5.74) is 2.51. The number of aromatic nitrogens is 2. The molecule has 0 unspecified atom stereocenters. The Balaban J connectivity index is 2.91. The number of carbonyl (C=O) groups excluding carboxylic acids is 1. The molecule has 1 rings (SSSR count). The van der Waals surface area contributed by atoms with Gasteiger partial charge in [-0.05, 0) is 27.0 Å². The fraction of sp³-hybridized carbons (Fsp3) is 0.583. The first-order chi connectivity index (χ1) is 9.49. The van der Waals surface area contributed by atoms with Gasteiger partial charge < -0.3 is 15.6 Å². The van der Waals surface area contributed by atoms with E-state index in [4.69, 9.17) is 5.84 Å². The van der Waals surface area contributed by atoms with Gasteiger partial charge in [0.1, 0.15) is 11.6 Å². The molecule has 8 heteroatoms. The molecular weight excluding hydrogens is 276 g/mol. The zero-order chi connectivity index (χ0) is 15.1. The van der Waals surface area contributed by atoms with Crippen LogP contribution in [-0.2, 0) is 4.79 Å². The standard InChI is InChI=1S/C12H22N6OS/c1-5-18(7-11(19)14-8(2)3)10-6-9(17-13)15-12(16-10)20-4/h6,8H,5,7,13H2,1-4H3,(H,14,19)(H,15,16,17). The van der Waals surface area contributed by atoms with Crippen LogP contribution in [0, 0.1) is 0 Å². The van der Waals surface area contributed by atoms with Gasteiger partial charge in [-0.1, -0.05) is 11.8 Å². The van der Waals surface area contributed by atoms with Crippen molar-refractivity contribution >= 4 is 29.3 Å². The molecule has 0 aromatic carbocycles. The smallest absolute Gasteiger partial charge is 0.239 e. The van der Waals surface area contributed by atoms with Gasteiger partial charge in [0.05, 0.1) is 6.54 Å². The van der Waals surface area contributed by atoms with Crippen LogP contribution < -0.4 is 21.5 Å². The van der Waals surface area contributed by atoms with Crippen molar-refractivity contribution in [3.63, 3.8) is 0 Å². The van der Waals surface area contributed by atoms with Crippen molar-refractivity contribution in [2.75, 3.05) is 29.7 Å². The molecule has 0 radical (unpaired) electrons. The third-order valence-electron chi connectivity index (χ3n) is 2.51. The molecule has 0 spiro atoms. The summed E-state index contributed by atoms with van der Waals surface area (Å²) < 4.78 is 0. The van der Waals surface area contributed by atoms with E-state index in [9.17, 15) is 4.79 Å². The van der Waals surface area contributed by atoms with Crippen LogP contribution in [0.25, 0.3) is 0 Å². The molecule has 112 valence electrons. The minimum absolute atomic E-state index is 0.0339. The summed E-state index contributed by atoms with van der Waals surface area (Å²) >= 11 is 1.42. The highest BCUT2D eigenvalue weighted by Gasteiger charge is 2.14. The predicted octanol–water partition coefficient (Wildman–Crippen LogP) is 0.835. The average Bonchev–Trinajstić information content (AvgIpc) is 2.43. The average molecular weight is 298 g/mol. The second-order valence-corrected chi connectivity index (χ2v) is 5.25. The molecule has 4 N–H and O–H groups in total. The maximum atomic E-state index is 11.9. The van der Waals surface area contributed by atoms with E-state index in [0.717, 1.165) is 0 Å². The second kappa shape index (κ2) is 7.91. The van der Waals surface area contributed by atoms with Crippen LogP contribution in [0.4, 0.5) is 11.6 Å². The highest BCUT2D eigenvalue weighted by molar-refractivity contribution is 7.98. The number of nitrogen functional groups attached to an aromatic ring is 1. The number of hydrazine groups is 1. The Bertz CT molecular complexity index is 431. The molecule has 0 saturated heterocycles. The third-order valence-corrected chi connectivity index (χ3v) is 3.06. The maximum absolute atomic E-state index is 11.9. The summed E-state index contributed by atoms with van der Waals surface area (Å²) in [6.07, 6.45) is 1.89. The Morgan fingerprint density at radius 2 is 2.20 bits per heavy atom. The summed E-state index contributed by atoms with van der Waals surface area (Å²) in [6.45, 7) is 6.76. The Kier molecular flexibility index (Phi) is 6.53. The summed E-state index contributed by atoms with van der Waals surface area (Å²) in [5, 5.41) is 3.47. The third kappa shape index (κ3) is 4.86. The number of thioether (sulfide) groups is 1.